The van der Waals surface area contributed by atoms with Crippen LogP contribution in [-0.2, 0) is 9.53 Å². The fourth-order valence-corrected chi connectivity index (χ4v) is 3.53. The monoisotopic (exact) mass is 433 g/mol. The standard InChI is InChI=1S/C21H25ClFN5O2/c1-4-16(17-8-14(22)9-24-13(17)3)20-26-11-18(23)21(27-20)25-10-15-12-30-7-6-28(15)19(29)5-2/h4,8-9,11,15H,5-7,10,12H2,1-3H3,(H,25,26,27)/b16-4+. The van der Waals surface area contributed by atoms with Crippen molar-refractivity contribution in [2.45, 2.75) is 33.2 Å². The number of rotatable bonds is 6. The number of carbonyl (C=O) groups excluding carboxylic acids is 1. The van der Waals surface area contributed by atoms with Crippen molar-refractivity contribution >= 4 is 28.9 Å². The molecule has 0 aromatic carbocycles. The number of carbonyl (C=O) groups is 1. The van der Waals surface area contributed by atoms with Gasteiger partial charge in [-0.25, -0.2) is 14.4 Å². The first kappa shape index (κ1) is 22.1. The van der Waals surface area contributed by atoms with E-state index in [1.165, 1.54) is 0 Å². The van der Waals surface area contributed by atoms with Gasteiger partial charge < -0.3 is 15.0 Å². The lowest BCUT2D eigenvalue weighted by Gasteiger charge is -2.35. The average molecular weight is 434 g/mol. The second-order valence-electron chi connectivity index (χ2n) is 6.93. The van der Waals surface area contributed by atoms with Gasteiger partial charge in [-0.05, 0) is 19.9 Å². The Morgan fingerprint density at radius 2 is 2.23 bits per heavy atom. The first-order valence-corrected chi connectivity index (χ1v) is 10.2. The fourth-order valence-electron chi connectivity index (χ4n) is 3.38. The molecule has 1 amide bonds. The van der Waals surface area contributed by atoms with E-state index in [-0.39, 0.29) is 17.8 Å². The molecular formula is C21H25ClFN5O2. The quantitative estimate of drug-likeness (QED) is 0.751. The zero-order valence-electron chi connectivity index (χ0n) is 17.3. The highest BCUT2D eigenvalue weighted by molar-refractivity contribution is 6.30. The number of ether oxygens (including phenoxy) is 1. The molecule has 1 aliphatic heterocycles. The van der Waals surface area contributed by atoms with Crippen LogP contribution in [0.1, 0.15) is 37.4 Å². The van der Waals surface area contributed by atoms with Gasteiger partial charge in [0, 0.05) is 42.5 Å². The molecule has 0 radical (unpaired) electrons. The molecule has 2 aromatic rings. The molecule has 1 unspecified atom stereocenters. The average Bonchev–Trinajstić information content (AvgIpc) is 2.76. The Kier molecular flexibility index (Phi) is 7.33. The third-order valence-electron chi connectivity index (χ3n) is 4.97. The van der Waals surface area contributed by atoms with Crippen molar-refractivity contribution in [2.75, 3.05) is 31.6 Å². The van der Waals surface area contributed by atoms with Crippen molar-refractivity contribution < 1.29 is 13.9 Å². The van der Waals surface area contributed by atoms with Crippen molar-refractivity contribution in [1.29, 1.82) is 0 Å². The molecule has 9 heteroatoms. The van der Waals surface area contributed by atoms with E-state index in [4.69, 9.17) is 16.3 Å². The zero-order valence-corrected chi connectivity index (χ0v) is 18.0. The highest BCUT2D eigenvalue weighted by Gasteiger charge is 2.26. The van der Waals surface area contributed by atoms with Gasteiger partial charge in [0.2, 0.25) is 5.91 Å². The van der Waals surface area contributed by atoms with Gasteiger partial charge >= 0.3 is 0 Å². The topological polar surface area (TPSA) is 80.2 Å². The number of hydrogen-bond donors (Lipinski definition) is 1. The largest absolute Gasteiger partial charge is 0.377 e. The van der Waals surface area contributed by atoms with E-state index in [2.05, 4.69) is 20.3 Å². The van der Waals surface area contributed by atoms with Crippen LogP contribution in [0.25, 0.3) is 5.57 Å². The Morgan fingerprint density at radius 3 is 2.97 bits per heavy atom. The van der Waals surface area contributed by atoms with Crippen LogP contribution in [0, 0.1) is 12.7 Å². The molecule has 1 atom stereocenters. The molecule has 0 spiro atoms. The van der Waals surface area contributed by atoms with Crippen LogP contribution in [-0.4, -0.2) is 58.1 Å². The van der Waals surface area contributed by atoms with Crippen LogP contribution in [0.4, 0.5) is 10.2 Å². The van der Waals surface area contributed by atoms with Crippen LogP contribution >= 0.6 is 11.6 Å². The number of amides is 1. The van der Waals surface area contributed by atoms with E-state index < -0.39 is 5.82 Å². The number of hydrogen-bond acceptors (Lipinski definition) is 6. The van der Waals surface area contributed by atoms with E-state index in [1.54, 1.807) is 17.2 Å². The molecule has 3 rings (SSSR count). The summed E-state index contributed by atoms with van der Waals surface area (Å²) in [7, 11) is 0. The maximum Gasteiger partial charge on any atom is 0.222 e. The molecule has 30 heavy (non-hydrogen) atoms. The molecular weight excluding hydrogens is 409 g/mol. The van der Waals surface area contributed by atoms with Gasteiger partial charge in [-0.15, -0.1) is 0 Å². The second-order valence-corrected chi connectivity index (χ2v) is 7.37. The number of aromatic nitrogens is 3. The third kappa shape index (κ3) is 4.94. The highest BCUT2D eigenvalue weighted by Crippen LogP contribution is 2.26. The van der Waals surface area contributed by atoms with Gasteiger partial charge in [0.25, 0.3) is 0 Å². The number of anilines is 1. The van der Waals surface area contributed by atoms with Gasteiger partial charge in [-0.1, -0.05) is 24.6 Å². The molecule has 7 nitrogen and oxygen atoms in total. The number of nitrogens with one attached hydrogen (secondary N) is 1. The number of morpholine rings is 1. The summed E-state index contributed by atoms with van der Waals surface area (Å²) in [6, 6.07) is 1.59. The van der Waals surface area contributed by atoms with Crippen LogP contribution in [0.5, 0.6) is 0 Å². The first-order valence-electron chi connectivity index (χ1n) is 9.87. The van der Waals surface area contributed by atoms with Crippen molar-refractivity contribution in [3.05, 3.63) is 52.5 Å². The molecule has 0 bridgehead atoms. The van der Waals surface area contributed by atoms with E-state index >= 15 is 0 Å². The molecule has 3 heterocycles. The lowest BCUT2D eigenvalue weighted by atomic mass is 10.0. The Bertz CT molecular complexity index is 953. The predicted octanol–water partition coefficient (Wildman–Crippen LogP) is 3.47. The van der Waals surface area contributed by atoms with Gasteiger partial charge in [-0.2, -0.15) is 0 Å². The van der Waals surface area contributed by atoms with E-state index in [1.807, 2.05) is 26.8 Å². The molecule has 160 valence electrons. The zero-order chi connectivity index (χ0) is 21.7. The summed E-state index contributed by atoms with van der Waals surface area (Å²) in [4.78, 5) is 26.8. The van der Waals surface area contributed by atoms with Crippen LogP contribution < -0.4 is 5.32 Å². The summed E-state index contributed by atoms with van der Waals surface area (Å²) in [5, 5.41) is 3.51. The molecule has 0 aliphatic carbocycles. The van der Waals surface area contributed by atoms with Crippen molar-refractivity contribution in [3.63, 3.8) is 0 Å². The first-order chi connectivity index (χ1) is 14.4. The van der Waals surface area contributed by atoms with Crippen LogP contribution in [0.15, 0.2) is 24.5 Å². The van der Waals surface area contributed by atoms with Gasteiger partial charge in [-0.3, -0.25) is 9.78 Å². The summed E-state index contributed by atoms with van der Waals surface area (Å²) in [6.45, 7) is 7.29. The fraction of sp³-hybridized carbons (Fsp3) is 0.429. The lowest BCUT2D eigenvalue weighted by Crippen LogP contribution is -2.51. The highest BCUT2D eigenvalue weighted by atomic mass is 35.5. The number of pyridine rings is 1. The summed E-state index contributed by atoms with van der Waals surface area (Å²) < 4.78 is 19.9. The van der Waals surface area contributed by atoms with Gasteiger partial charge in [0.15, 0.2) is 17.5 Å². The summed E-state index contributed by atoms with van der Waals surface area (Å²) >= 11 is 6.10. The third-order valence-corrected chi connectivity index (χ3v) is 5.18. The molecule has 0 saturated carbocycles. The number of aryl methyl sites for hydroxylation is 1. The Hall–Kier alpha value is -2.58. The Labute approximate surface area is 180 Å². The molecule has 1 saturated heterocycles. The van der Waals surface area contributed by atoms with E-state index in [0.717, 1.165) is 17.5 Å². The predicted molar refractivity (Wildman–Crippen MR) is 114 cm³/mol. The van der Waals surface area contributed by atoms with E-state index in [0.29, 0.717) is 49.1 Å². The maximum atomic E-state index is 14.4. The summed E-state index contributed by atoms with van der Waals surface area (Å²) in [5.74, 6) is -0.0919. The minimum atomic E-state index is -0.569. The summed E-state index contributed by atoms with van der Waals surface area (Å²) in [6.07, 6.45) is 4.96. The molecule has 1 N–H and O–H groups in total. The normalized spacial score (nSPS) is 17.2. The van der Waals surface area contributed by atoms with Crippen LogP contribution in [0.3, 0.4) is 0 Å². The number of halogens is 2. The summed E-state index contributed by atoms with van der Waals surface area (Å²) in [5.41, 5.74) is 2.25. The smallest absolute Gasteiger partial charge is 0.222 e. The SMILES string of the molecule is C/C=C(/c1ncc(F)c(NCC2COCCN2C(=O)CC)n1)c1cc(Cl)cnc1C. The van der Waals surface area contributed by atoms with Crippen molar-refractivity contribution in [2.24, 2.45) is 0 Å². The molecule has 1 fully saturated rings. The number of allylic oxidation sites excluding steroid dienone is 1. The van der Waals surface area contributed by atoms with Gasteiger partial charge in [0.05, 0.1) is 30.5 Å². The van der Waals surface area contributed by atoms with Gasteiger partial charge in [0.1, 0.15) is 0 Å². The van der Waals surface area contributed by atoms with Crippen molar-refractivity contribution in [1.82, 2.24) is 19.9 Å². The molecule has 2 aromatic heterocycles. The minimum Gasteiger partial charge on any atom is -0.377 e. The Balaban J connectivity index is 1.83. The van der Waals surface area contributed by atoms with E-state index in [9.17, 15) is 9.18 Å². The lowest BCUT2D eigenvalue weighted by molar-refractivity contribution is -0.138. The van der Waals surface area contributed by atoms with Crippen molar-refractivity contribution in [3.8, 4) is 0 Å². The number of nitrogens with zero attached hydrogens (tertiary/aromatic N) is 4. The molecule has 1 aliphatic rings. The second kappa shape index (κ2) is 9.95. The Morgan fingerprint density at radius 1 is 1.43 bits per heavy atom. The maximum absolute atomic E-state index is 14.4. The minimum absolute atomic E-state index is 0.0501. The van der Waals surface area contributed by atoms with Crippen LogP contribution in [0.2, 0.25) is 5.02 Å².